The lowest BCUT2D eigenvalue weighted by atomic mass is 9.74. The zero-order chi connectivity index (χ0) is 20.7. The lowest BCUT2D eigenvalue weighted by Crippen LogP contribution is -2.48. The second-order valence-electron chi connectivity index (χ2n) is 7.65. The van der Waals surface area contributed by atoms with Gasteiger partial charge in [-0.25, -0.2) is 10.2 Å². The number of nitrogens with zero attached hydrogens (tertiary/aromatic N) is 2. The smallest absolute Gasteiger partial charge is 0.332 e. The van der Waals surface area contributed by atoms with Gasteiger partial charge in [0.2, 0.25) is 0 Å². The number of hydrazone groups is 1. The van der Waals surface area contributed by atoms with Crippen molar-refractivity contribution in [2.45, 2.75) is 38.6 Å². The maximum atomic E-state index is 12.8. The number of hydrogen-bond donors (Lipinski definition) is 2. The predicted octanol–water partition coefficient (Wildman–Crippen LogP) is 2.71. The number of carbonyl (C=O) groups is 2. The minimum absolute atomic E-state index is 0. The molecule has 9 heteroatoms. The van der Waals surface area contributed by atoms with Crippen LogP contribution in [0.25, 0.3) is 0 Å². The molecule has 4 rings (SSSR count). The Hall–Kier alpha value is -2.74. The average molecular weight is 435 g/mol. The van der Waals surface area contributed by atoms with Crippen molar-refractivity contribution < 1.29 is 19.1 Å². The van der Waals surface area contributed by atoms with Crippen LogP contribution in [0.2, 0.25) is 0 Å². The quantitative estimate of drug-likeness (QED) is 0.711. The van der Waals surface area contributed by atoms with Crippen LogP contribution in [0.3, 0.4) is 0 Å². The third-order valence-electron chi connectivity index (χ3n) is 6.10. The fourth-order valence-corrected chi connectivity index (χ4v) is 4.87. The van der Waals surface area contributed by atoms with Crippen molar-refractivity contribution in [1.82, 2.24) is 10.3 Å². The van der Waals surface area contributed by atoms with Crippen molar-refractivity contribution in [3.63, 3.8) is 0 Å². The molecule has 0 spiro atoms. The number of rotatable bonds is 3. The molecular formula is C21H27ClN4O4. The molecule has 2 atom stereocenters. The first-order valence-electron chi connectivity index (χ1n) is 9.87. The van der Waals surface area contributed by atoms with Crippen molar-refractivity contribution in [2.75, 3.05) is 20.8 Å². The molecule has 2 amide bonds. The number of benzene rings is 1. The minimum atomic E-state index is -0.743. The third-order valence-corrected chi connectivity index (χ3v) is 6.10. The summed E-state index contributed by atoms with van der Waals surface area (Å²) >= 11 is 0. The first-order valence-corrected chi connectivity index (χ1v) is 9.87. The van der Waals surface area contributed by atoms with Gasteiger partial charge in [0.05, 0.1) is 31.5 Å². The number of hydrogen-bond acceptors (Lipinski definition) is 6. The van der Waals surface area contributed by atoms with Gasteiger partial charge in [-0.05, 0) is 42.5 Å². The maximum Gasteiger partial charge on any atom is 0.332 e. The van der Waals surface area contributed by atoms with Crippen molar-refractivity contribution in [1.29, 1.82) is 0 Å². The van der Waals surface area contributed by atoms with Gasteiger partial charge >= 0.3 is 6.03 Å². The van der Waals surface area contributed by atoms with Crippen LogP contribution in [0.4, 0.5) is 4.79 Å². The van der Waals surface area contributed by atoms with Crippen LogP contribution < -0.4 is 20.6 Å². The van der Waals surface area contributed by atoms with E-state index in [4.69, 9.17) is 15.2 Å². The SMILES string of the molecule is COc1cc2c(cc1OC)C1[C@@H](C)C(=NNC(N)=O)C3=C(CCCC3=O)N1CC2.Cl. The van der Waals surface area contributed by atoms with Crippen LogP contribution >= 0.6 is 12.4 Å². The number of carbonyl (C=O) groups excluding carboxylic acids is 2. The number of ketones is 1. The number of Topliss-reactive ketones (excluding diaryl/α,β-unsaturated/α-hetero) is 1. The summed E-state index contributed by atoms with van der Waals surface area (Å²) in [7, 11) is 3.26. The second-order valence-corrected chi connectivity index (χ2v) is 7.65. The second kappa shape index (κ2) is 8.55. The van der Waals surface area contributed by atoms with Crippen molar-refractivity contribution in [3.8, 4) is 11.5 Å². The number of allylic oxidation sites excluding steroid dienone is 2. The van der Waals surface area contributed by atoms with Crippen LogP contribution in [0.1, 0.15) is 43.4 Å². The van der Waals surface area contributed by atoms with Gasteiger partial charge in [-0.1, -0.05) is 6.92 Å². The van der Waals surface area contributed by atoms with E-state index in [0.717, 1.165) is 37.1 Å². The number of amides is 2. The zero-order valence-electron chi connectivity index (χ0n) is 17.4. The van der Waals surface area contributed by atoms with Gasteiger partial charge in [0.1, 0.15) is 0 Å². The van der Waals surface area contributed by atoms with Gasteiger partial charge in [-0.3, -0.25) is 4.79 Å². The van der Waals surface area contributed by atoms with E-state index in [2.05, 4.69) is 15.4 Å². The molecule has 1 aromatic rings. The number of methoxy groups -OCH3 is 2. The van der Waals surface area contributed by atoms with Crippen LogP contribution in [0.15, 0.2) is 28.5 Å². The largest absolute Gasteiger partial charge is 0.493 e. The van der Waals surface area contributed by atoms with Crippen molar-refractivity contribution in [3.05, 3.63) is 34.5 Å². The van der Waals surface area contributed by atoms with Crippen LogP contribution in [0, 0.1) is 5.92 Å². The third kappa shape index (κ3) is 3.49. The van der Waals surface area contributed by atoms with E-state index in [9.17, 15) is 9.59 Å². The lowest BCUT2D eigenvalue weighted by molar-refractivity contribution is -0.116. The first-order chi connectivity index (χ1) is 14.0. The van der Waals surface area contributed by atoms with Crippen LogP contribution in [0.5, 0.6) is 11.5 Å². The molecule has 0 bridgehead atoms. The molecule has 0 saturated carbocycles. The Morgan fingerprint density at radius 3 is 2.57 bits per heavy atom. The van der Waals surface area contributed by atoms with E-state index in [1.807, 2.05) is 19.1 Å². The van der Waals surface area contributed by atoms with Crippen LogP contribution in [-0.2, 0) is 11.2 Å². The van der Waals surface area contributed by atoms with E-state index >= 15 is 0 Å². The molecular weight excluding hydrogens is 408 g/mol. The van der Waals surface area contributed by atoms with Crippen LogP contribution in [-0.4, -0.2) is 43.2 Å². The summed E-state index contributed by atoms with van der Waals surface area (Å²) in [6, 6.07) is 3.31. The molecule has 0 saturated heterocycles. The number of nitrogens with two attached hydrogens (primary N) is 1. The molecule has 3 N–H and O–H groups in total. The van der Waals surface area contributed by atoms with Gasteiger partial charge in [-0.2, -0.15) is 5.10 Å². The Bertz CT molecular complexity index is 943. The molecule has 1 aliphatic carbocycles. The summed E-state index contributed by atoms with van der Waals surface area (Å²) < 4.78 is 11.0. The van der Waals surface area contributed by atoms with Crippen molar-refractivity contribution in [2.24, 2.45) is 16.8 Å². The predicted molar refractivity (Wildman–Crippen MR) is 115 cm³/mol. The number of fused-ring (bicyclic) bond motifs is 4. The molecule has 162 valence electrons. The average Bonchev–Trinajstić information content (AvgIpc) is 2.72. The summed E-state index contributed by atoms with van der Waals surface area (Å²) in [6.07, 6.45) is 3.00. The lowest BCUT2D eigenvalue weighted by Gasteiger charge is -2.48. The fraction of sp³-hybridized carbons (Fsp3) is 0.476. The highest BCUT2D eigenvalue weighted by Crippen LogP contribution is 2.48. The van der Waals surface area contributed by atoms with E-state index < -0.39 is 6.03 Å². The molecule has 3 aliphatic rings. The summed E-state index contributed by atoms with van der Waals surface area (Å²) in [5.74, 6) is 1.35. The Labute approximate surface area is 181 Å². The summed E-state index contributed by atoms with van der Waals surface area (Å²) in [4.78, 5) is 26.4. The Morgan fingerprint density at radius 2 is 1.90 bits per heavy atom. The first kappa shape index (κ1) is 22.0. The number of nitrogens with one attached hydrogen (secondary N) is 1. The highest BCUT2D eigenvalue weighted by Gasteiger charge is 2.44. The fourth-order valence-electron chi connectivity index (χ4n) is 4.87. The summed E-state index contributed by atoms with van der Waals surface area (Å²) in [5, 5.41) is 4.27. The number of primary amides is 1. The number of halogens is 1. The van der Waals surface area contributed by atoms with Gasteiger partial charge in [-0.15, -0.1) is 12.4 Å². The standard InChI is InChI=1S/C21H26N4O4.ClH/c1-11-19(23-24-21(22)27)18-14(5-4-6-15(18)26)25-8-7-12-9-16(28-2)17(29-3)10-13(12)20(11)25;/h9-11,20H,4-8H2,1-3H3,(H3,22,24,27);1H/t11-,20?;/m0./s1. The summed E-state index contributed by atoms with van der Waals surface area (Å²) in [5.41, 5.74) is 12.2. The number of ether oxygens (including phenoxy) is 2. The highest BCUT2D eigenvalue weighted by atomic mass is 35.5. The maximum absolute atomic E-state index is 12.8. The molecule has 1 aromatic carbocycles. The molecule has 2 heterocycles. The van der Waals surface area contributed by atoms with Gasteiger partial charge in [0.15, 0.2) is 17.3 Å². The van der Waals surface area contributed by atoms with Gasteiger partial charge in [0, 0.05) is 24.6 Å². The summed E-state index contributed by atoms with van der Waals surface area (Å²) in [6.45, 7) is 2.86. The molecule has 1 unspecified atom stereocenters. The molecule has 0 aromatic heterocycles. The van der Waals surface area contributed by atoms with Crippen molar-refractivity contribution >= 4 is 29.9 Å². The van der Waals surface area contributed by atoms with E-state index in [-0.39, 0.29) is 30.2 Å². The molecule has 8 nitrogen and oxygen atoms in total. The normalized spacial score (nSPS) is 23.8. The number of urea groups is 1. The monoisotopic (exact) mass is 434 g/mol. The highest BCUT2D eigenvalue weighted by molar-refractivity contribution is 6.24. The molecule has 30 heavy (non-hydrogen) atoms. The molecule has 2 aliphatic heterocycles. The van der Waals surface area contributed by atoms with E-state index in [0.29, 0.717) is 29.2 Å². The Kier molecular flexibility index (Phi) is 6.26. The molecule has 0 fully saturated rings. The Balaban J connectivity index is 0.00000256. The minimum Gasteiger partial charge on any atom is -0.493 e. The van der Waals surface area contributed by atoms with Gasteiger partial charge < -0.3 is 20.1 Å². The topological polar surface area (TPSA) is 106 Å². The van der Waals surface area contributed by atoms with E-state index in [1.165, 1.54) is 5.56 Å². The van der Waals surface area contributed by atoms with Gasteiger partial charge in [0.25, 0.3) is 0 Å². The molecule has 0 radical (unpaired) electrons. The van der Waals surface area contributed by atoms with E-state index in [1.54, 1.807) is 14.2 Å². The zero-order valence-corrected chi connectivity index (χ0v) is 18.2. The Morgan fingerprint density at radius 1 is 1.20 bits per heavy atom.